The van der Waals surface area contributed by atoms with E-state index >= 15 is 0 Å². The maximum absolute atomic E-state index is 12.5. The number of hydrogen-bond acceptors (Lipinski definition) is 4. The lowest BCUT2D eigenvalue weighted by Crippen LogP contribution is -2.50. The Balaban J connectivity index is 0.00000312. The molecule has 0 aliphatic carbocycles. The second kappa shape index (κ2) is 10.5. The molecule has 136 valence electrons. The minimum absolute atomic E-state index is 0. The number of benzene rings is 1. The van der Waals surface area contributed by atoms with Crippen molar-refractivity contribution < 1.29 is 14.0 Å². The van der Waals surface area contributed by atoms with E-state index in [-0.39, 0.29) is 30.1 Å². The molecule has 25 heavy (non-hydrogen) atoms. The average molecular weight is 366 g/mol. The fourth-order valence-corrected chi connectivity index (χ4v) is 2.18. The molecule has 0 saturated carbocycles. The van der Waals surface area contributed by atoms with E-state index in [0.29, 0.717) is 13.0 Å². The highest BCUT2D eigenvalue weighted by molar-refractivity contribution is 5.95. The Kier molecular flexibility index (Phi) is 8.74. The van der Waals surface area contributed by atoms with Crippen LogP contribution in [0.3, 0.4) is 0 Å². The van der Waals surface area contributed by atoms with Crippen molar-refractivity contribution in [3.8, 4) is 0 Å². The van der Waals surface area contributed by atoms with Gasteiger partial charge in [-0.3, -0.25) is 9.59 Å². The monoisotopic (exact) mass is 365 g/mol. The lowest BCUT2D eigenvalue weighted by Gasteiger charge is -2.19. The third kappa shape index (κ3) is 6.60. The SMILES string of the molecule is CNC(C)CNC(=O)C(Cc1ccccc1)NC(=O)c1ccco1.Cl. The number of likely N-dealkylation sites (N-methyl/N-ethyl adjacent to an activating group) is 1. The Morgan fingerprint density at radius 1 is 1.12 bits per heavy atom. The maximum Gasteiger partial charge on any atom is 0.287 e. The second-order valence-corrected chi connectivity index (χ2v) is 5.63. The van der Waals surface area contributed by atoms with Crippen LogP contribution in [0.1, 0.15) is 23.0 Å². The minimum Gasteiger partial charge on any atom is -0.459 e. The van der Waals surface area contributed by atoms with E-state index in [1.54, 1.807) is 12.1 Å². The number of hydrogen-bond donors (Lipinski definition) is 3. The topological polar surface area (TPSA) is 83.4 Å². The van der Waals surface area contributed by atoms with Crippen LogP contribution in [0, 0.1) is 0 Å². The molecule has 1 heterocycles. The van der Waals surface area contributed by atoms with Crippen molar-refractivity contribution >= 4 is 24.2 Å². The van der Waals surface area contributed by atoms with Gasteiger partial charge >= 0.3 is 0 Å². The van der Waals surface area contributed by atoms with E-state index < -0.39 is 11.9 Å². The molecule has 6 nitrogen and oxygen atoms in total. The molecule has 0 saturated heterocycles. The molecule has 0 aliphatic heterocycles. The molecule has 0 aliphatic rings. The maximum atomic E-state index is 12.5. The molecule has 2 atom stereocenters. The van der Waals surface area contributed by atoms with Crippen LogP contribution >= 0.6 is 12.4 Å². The summed E-state index contributed by atoms with van der Waals surface area (Å²) in [6.45, 7) is 2.45. The summed E-state index contributed by atoms with van der Waals surface area (Å²) in [5, 5.41) is 8.66. The van der Waals surface area contributed by atoms with Crippen LogP contribution in [-0.2, 0) is 11.2 Å². The molecule has 1 aromatic carbocycles. The fourth-order valence-electron chi connectivity index (χ4n) is 2.18. The van der Waals surface area contributed by atoms with Gasteiger partial charge in [0.2, 0.25) is 5.91 Å². The zero-order valence-corrected chi connectivity index (χ0v) is 15.1. The van der Waals surface area contributed by atoms with Crippen molar-refractivity contribution in [3.05, 3.63) is 60.1 Å². The van der Waals surface area contributed by atoms with Crippen LogP contribution in [-0.4, -0.2) is 37.5 Å². The van der Waals surface area contributed by atoms with E-state index in [1.807, 2.05) is 44.3 Å². The molecule has 3 N–H and O–H groups in total. The lowest BCUT2D eigenvalue weighted by molar-refractivity contribution is -0.123. The van der Waals surface area contributed by atoms with Gasteiger partial charge in [-0.1, -0.05) is 30.3 Å². The summed E-state index contributed by atoms with van der Waals surface area (Å²) < 4.78 is 5.09. The number of furan rings is 1. The fraction of sp³-hybridized carbons (Fsp3) is 0.333. The number of carbonyl (C=O) groups is 2. The van der Waals surface area contributed by atoms with Crippen molar-refractivity contribution in [2.75, 3.05) is 13.6 Å². The molecule has 0 fully saturated rings. The molecular weight excluding hydrogens is 342 g/mol. The third-order valence-corrected chi connectivity index (χ3v) is 3.72. The van der Waals surface area contributed by atoms with E-state index in [4.69, 9.17) is 4.42 Å². The number of carbonyl (C=O) groups excluding carboxylic acids is 2. The van der Waals surface area contributed by atoms with Gasteiger partial charge in [0.05, 0.1) is 6.26 Å². The molecule has 0 radical (unpaired) electrons. The van der Waals surface area contributed by atoms with Gasteiger partial charge in [-0.05, 0) is 31.7 Å². The van der Waals surface area contributed by atoms with E-state index in [9.17, 15) is 9.59 Å². The highest BCUT2D eigenvalue weighted by Crippen LogP contribution is 2.06. The molecule has 2 amide bonds. The first-order valence-electron chi connectivity index (χ1n) is 7.93. The minimum atomic E-state index is -0.672. The van der Waals surface area contributed by atoms with Gasteiger partial charge in [0.1, 0.15) is 6.04 Å². The molecule has 2 unspecified atom stereocenters. The summed E-state index contributed by atoms with van der Waals surface area (Å²) >= 11 is 0. The van der Waals surface area contributed by atoms with Crippen LogP contribution < -0.4 is 16.0 Å². The first-order valence-corrected chi connectivity index (χ1v) is 7.93. The Hall–Kier alpha value is -2.31. The van der Waals surface area contributed by atoms with Crippen molar-refractivity contribution in [2.45, 2.75) is 25.4 Å². The standard InChI is InChI=1S/C18H23N3O3.ClH/c1-13(19-2)12-20-17(22)15(11-14-7-4-3-5-8-14)21-18(23)16-9-6-10-24-16;/h3-10,13,15,19H,11-12H2,1-2H3,(H,20,22)(H,21,23);1H. The smallest absolute Gasteiger partial charge is 0.287 e. The Morgan fingerprint density at radius 2 is 1.84 bits per heavy atom. The van der Waals surface area contributed by atoms with Gasteiger partial charge < -0.3 is 20.4 Å². The molecular formula is C18H24ClN3O3. The second-order valence-electron chi connectivity index (χ2n) is 5.63. The first-order chi connectivity index (χ1) is 11.6. The van der Waals surface area contributed by atoms with E-state index in [1.165, 1.54) is 6.26 Å². The molecule has 1 aromatic heterocycles. The quantitative estimate of drug-likeness (QED) is 0.665. The summed E-state index contributed by atoms with van der Waals surface area (Å²) in [5.41, 5.74) is 0.971. The van der Waals surface area contributed by atoms with E-state index in [2.05, 4.69) is 16.0 Å². The van der Waals surface area contributed by atoms with Gasteiger partial charge in [-0.15, -0.1) is 12.4 Å². The summed E-state index contributed by atoms with van der Waals surface area (Å²) in [5.74, 6) is -0.442. The van der Waals surface area contributed by atoms with Gasteiger partial charge in [0.15, 0.2) is 5.76 Å². The molecule has 2 aromatic rings. The molecule has 2 rings (SSSR count). The van der Waals surface area contributed by atoms with Gasteiger partial charge in [-0.2, -0.15) is 0 Å². The number of amides is 2. The summed E-state index contributed by atoms with van der Waals surface area (Å²) in [4.78, 5) is 24.7. The molecule has 0 spiro atoms. The molecule has 0 bridgehead atoms. The van der Waals surface area contributed by atoms with Gasteiger partial charge in [0, 0.05) is 19.0 Å². The van der Waals surface area contributed by atoms with Gasteiger partial charge in [-0.25, -0.2) is 0 Å². The number of rotatable bonds is 8. The van der Waals surface area contributed by atoms with Gasteiger partial charge in [0.25, 0.3) is 5.91 Å². The Labute approximate surface area is 153 Å². The number of nitrogens with one attached hydrogen (secondary N) is 3. The Bertz CT molecular complexity index is 647. The highest BCUT2D eigenvalue weighted by Gasteiger charge is 2.23. The van der Waals surface area contributed by atoms with Crippen molar-refractivity contribution in [1.82, 2.24) is 16.0 Å². The van der Waals surface area contributed by atoms with Crippen LogP contribution in [0.15, 0.2) is 53.1 Å². The third-order valence-electron chi connectivity index (χ3n) is 3.72. The number of halogens is 1. The van der Waals surface area contributed by atoms with Crippen molar-refractivity contribution in [1.29, 1.82) is 0 Å². The van der Waals surface area contributed by atoms with Crippen LogP contribution in [0.4, 0.5) is 0 Å². The zero-order chi connectivity index (χ0) is 17.4. The van der Waals surface area contributed by atoms with Crippen LogP contribution in [0.2, 0.25) is 0 Å². The normalized spacial score (nSPS) is 12.6. The predicted octanol–water partition coefficient (Wildman–Crippen LogP) is 1.77. The predicted molar refractivity (Wildman–Crippen MR) is 98.9 cm³/mol. The average Bonchev–Trinajstić information content (AvgIpc) is 3.14. The summed E-state index contributed by atoms with van der Waals surface area (Å²) in [6.07, 6.45) is 1.84. The summed E-state index contributed by atoms with van der Waals surface area (Å²) in [6, 6.07) is 12.2. The van der Waals surface area contributed by atoms with Crippen molar-refractivity contribution in [2.24, 2.45) is 0 Å². The lowest BCUT2D eigenvalue weighted by atomic mass is 10.0. The van der Waals surface area contributed by atoms with Crippen LogP contribution in [0.25, 0.3) is 0 Å². The summed E-state index contributed by atoms with van der Waals surface area (Å²) in [7, 11) is 1.83. The van der Waals surface area contributed by atoms with Crippen LogP contribution in [0.5, 0.6) is 0 Å². The molecule has 7 heteroatoms. The first kappa shape index (κ1) is 20.7. The zero-order valence-electron chi connectivity index (χ0n) is 14.3. The highest BCUT2D eigenvalue weighted by atomic mass is 35.5. The largest absolute Gasteiger partial charge is 0.459 e. The van der Waals surface area contributed by atoms with E-state index in [0.717, 1.165) is 5.56 Å². The van der Waals surface area contributed by atoms with Crippen molar-refractivity contribution in [3.63, 3.8) is 0 Å². The Morgan fingerprint density at radius 3 is 2.44 bits per heavy atom.